The molecule has 1 heterocycles. The van der Waals surface area contributed by atoms with Gasteiger partial charge in [-0.15, -0.1) is 12.4 Å². The Bertz CT molecular complexity index is 189. The van der Waals surface area contributed by atoms with E-state index in [2.05, 4.69) is 25.6 Å². The summed E-state index contributed by atoms with van der Waals surface area (Å²) in [7, 11) is 0.337. The van der Waals surface area contributed by atoms with Crippen molar-refractivity contribution in [1.29, 1.82) is 0 Å². The van der Waals surface area contributed by atoms with Crippen LogP contribution >= 0.6 is 12.4 Å². The Morgan fingerprint density at radius 2 is 1.38 bits per heavy atom. The third-order valence-corrected chi connectivity index (χ3v) is 1.53. The molecular weight excluding hydrogens is 300 g/mol. The van der Waals surface area contributed by atoms with Crippen LogP contribution in [-0.2, 0) is 14.4 Å². The van der Waals surface area contributed by atoms with Crippen molar-refractivity contribution in [2.45, 2.75) is 65.6 Å². The van der Waals surface area contributed by atoms with Crippen molar-refractivity contribution in [3.8, 4) is 0 Å². The van der Waals surface area contributed by atoms with Gasteiger partial charge in [-0.2, -0.15) is 0 Å². The summed E-state index contributed by atoms with van der Waals surface area (Å²) in [5.41, 5.74) is -0.123. The zero-order valence-electron chi connectivity index (χ0n) is 15.2. The van der Waals surface area contributed by atoms with E-state index in [1.165, 1.54) is 12.8 Å². The average molecular weight is 335 g/mol. The quantitative estimate of drug-likeness (QED) is 0.401. The van der Waals surface area contributed by atoms with Gasteiger partial charge in [-0.1, -0.05) is 0 Å². The van der Waals surface area contributed by atoms with Gasteiger partial charge in [0.1, 0.15) is 5.60 Å². The summed E-state index contributed by atoms with van der Waals surface area (Å²) in [4.78, 5) is 9.65. The standard InChI is InChI=1S/C4H14BNO.C4H11NO.C4H8O.B.ClH.Na.H/c1-4(2,3)7-6-5;1-4(2,3)6-5;1-2-4-5-3-1;;;;/h6H2,1-3,5H3;5H2,1-3H3;1-4H2;;1H;;/q;;;;;+1;-1. The maximum Gasteiger partial charge on any atom is 1.00 e. The third-order valence-electron chi connectivity index (χ3n) is 1.53. The Kier molecular flexibility index (Phi) is 31.0. The van der Waals surface area contributed by atoms with E-state index in [9.17, 15) is 0 Å². The summed E-state index contributed by atoms with van der Waals surface area (Å²) in [6.07, 6.45) is 2.56. The number of nitrogens with two attached hydrogens (primary N) is 2. The molecule has 0 spiro atoms. The normalized spacial score (nSPS) is 13.1. The van der Waals surface area contributed by atoms with E-state index in [0.29, 0.717) is 7.98 Å². The van der Waals surface area contributed by atoms with Crippen LogP contribution in [0.5, 0.6) is 0 Å². The fourth-order valence-electron chi connectivity index (χ4n) is 0.510. The average Bonchev–Trinajstić information content (AvgIpc) is 2.73. The number of hydrogen-bond acceptors (Lipinski definition) is 4. The smallest absolute Gasteiger partial charge is 1.00 e. The number of halogens is 1. The topological polar surface area (TPSA) is 70.3 Å². The van der Waals surface area contributed by atoms with E-state index in [1.54, 1.807) is 0 Å². The summed E-state index contributed by atoms with van der Waals surface area (Å²) < 4.78 is 4.94. The predicted molar refractivity (Wildman–Crippen MR) is 91.9 cm³/mol. The zero-order valence-corrected chi connectivity index (χ0v) is 17.0. The van der Waals surface area contributed by atoms with Crippen molar-refractivity contribution < 1.29 is 50.8 Å². The van der Waals surface area contributed by atoms with Gasteiger partial charge in [-0.3, -0.25) is 9.68 Å². The van der Waals surface area contributed by atoms with Crippen molar-refractivity contribution in [3.05, 3.63) is 0 Å². The molecule has 125 valence electrons. The predicted octanol–water partition coefficient (Wildman–Crippen LogP) is -2.81. The third kappa shape index (κ3) is 44.9. The molecule has 0 saturated carbocycles. The summed E-state index contributed by atoms with van der Waals surface area (Å²) in [6, 6.07) is 0. The molecule has 5 nitrogen and oxygen atoms in total. The SMILES string of the molecule is C1CCOC1.CC(C)(C)ON.Cl.[BH3-][NH2+]OC(C)(C)C.[B].[H-].[Na+]. The monoisotopic (exact) mass is 335 g/mol. The molecule has 0 atom stereocenters. The molecule has 3 radical (unpaired) electrons. The molecule has 1 saturated heterocycles. The van der Waals surface area contributed by atoms with E-state index < -0.39 is 0 Å². The van der Waals surface area contributed by atoms with E-state index >= 15 is 0 Å². The number of rotatable bonds is 1. The molecule has 9 heteroatoms. The molecule has 0 amide bonds. The van der Waals surface area contributed by atoms with Gasteiger partial charge in [0.15, 0.2) is 7.98 Å². The number of quaternary nitrogens is 1. The minimum Gasteiger partial charge on any atom is -1.00 e. The van der Waals surface area contributed by atoms with Crippen LogP contribution in [0.2, 0.25) is 0 Å². The Morgan fingerprint density at radius 1 is 1.05 bits per heavy atom. The fourth-order valence-corrected chi connectivity index (χ4v) is 0.510. The van der Waals surface area contributed by atoms with Gasteiger partial charge < -0.3 is 11.6 Å². The van der Waals surface area contributed by atoms with Crippen LogP contribution in [0.25, 0.3) is 0 Å². The molecule has 1 aliphatic heterocycles. The van der Waals surface area contributed by atoms with Gasteiger partial charge in [0.2, 0.25) is 0 Å². The van der Waals surface area contributed by atoms with Crippen molar-refractivity contribution >= 4 is 28.8 Å². The van der Waals surface area contributed by atoms with Crippen LogP contribution in [0.3, 0.4) is 0 Å². The van der Waals surface area contributed by atoms with E-state index in [0.717, 1.165) is 13.2 Å². The van der Waals surface area contributed by atoms with Crippen molar-refractivity contribution in [2.75, 3.05) is 13.2 Å². The molecule has 0 aliphatic carbocycles. The Balaban J connectivity index is -0.0000000403. The van der Waals surface area contributed by atoms with Gasteiger partial charge in [-0.05, 0) is 54.4 Å². The second-order valence-electron chi connectivity index (χ2n) is 5.78. The van der Waals surface area contributed by atoms with Crippen LogP contribution in [0.4, 0.5) is 0 Å². The number of hydrogen-bond donors (Lipinski definition) is 2. The van der Waals surface area contributed by atoms with Gasteiger partial charge in [0.25, 0.3) is 0 Å². The fraction of sp³-hybridized carbons (Fsp3) is 1.00. The first-order chi connectivity index (χ1) is 8.12. The molecule has 0 unspecified atom stereocenters. The van der Waals surface area contributed by atoms with Crippen LogP contribution in [0.15, 0.2) is 0 Å². The van der Waals surface area contributed by atoms with Crippen LogP contribution in [0.1, 0.15) is 55.8 Å². The van der Waals surface area contributed by atoms with E-state index in [4.69, 9.17) is 15.5 Å². The first-order valence-corrected chi connectivity index (χ1v) is 5.96. The van der Waals surface area contributed by atoms with Gasteiger partial charge in [0, 0.05) is 21.6 Å². The van der Waals surface area contributed by atoms with Crippen LogP contribution in [0, 0.1) is 0 Å². The maximum atomic E-state index is 5.22. The first-order valence-electron chi connectivity index (χ1n) is 5.96. The van der Waals surface area contributed by atoms with Crippen LogP contribution in [-0.4, -0.2) is 40.8 Å². The molecule has 0 bridgehead atoms. The van der Waals surface area contributed by atoms with Crippen LogP contribution < -0.4 is 40.8 Å². The van der Waals surface area contributed by atoms with Gasteiger partial charge >= 0.3 is 29.6 Å². The van der Waals surface area contributed by atoms with Gasteiger partial charge in [-0.25, -0.2) is 5.90 Å². The molecular formula is C12H35B2ClN2NaO3. The van der Waals surface area contributed by atoms with Crippen molar-refractivity contribution in [1.82, 2.24) is 0 Å². The first kappa shape index (κ1) is 33.7. The minimum absolute atomic E-state index is 0. The molecule has 0 aromatic rings. The largest absolute Gasteiger partial charge is 1.00 e. The van der Waals surface area contributed by atoms with Crippen molar-refractivity contribution in [2.24, 2.45) is 5.90 Å². The maximum absolute atomic E-state index is 5.22. The summed E-state index contributed by atoms with van der Waals surface area (Å²) in [5.74, 6) is 4.81. The molecule has 0 aromatic carbocycles. The second kappa shape index (κ2) is 19.3. The molecule has 0 aromatic heterocycles. The molecule has 1 rings (SSSR count). The zero-order chi connectivity index (χ0) is 14.7. The molecule has 21 heavy (non-hydrogen) atoms. The Hall–Kier alpha value is 1.22. The number of ether oxygens (including phenoxy) is 1. The van der Waals surface area contributed by atoms with E-state index in [1.807, 2.05) is 26.2 Å². The molecule has 1 aliphatic rings. The van der Waals surface area contributed by atoms with Crippen molar-refractivity contribution in [3.63, 3.8) is 0 Å². The summed E-state index contributed by atoms with van der Waals surface area (Å²) >= 11 is 0. The Morgan fingerprint density at radius 3 is 1.43 bits per heavy atom. The van der Waals surface area contributed by atoms with E-state index in [-0.39, 0.29) is 63.0 Å². The Labute approximate surface area is 163 Å². The molecule has 1 fully saturated rings. The second-order valence-corrected chi connectivity index (χ2v) is 5.78. The minimum atomic E-state index is -0.181. The summed E-state index contributed by atoms with van der Waals surface area (Å²) in [5, 5.41) is 1.96. The summed E-state index contributed by atoms with van der Waals surface area (Å²) in [6.45, 7) is 13.9. The van der Waals surface area contributed by atoms with Gasteiger partial charge in [0.05, 0.1) is 5.60 Å². The molecule has 4 N–H and O–H groups in total.